The molecule has 3 heteroatoms. The minimum Gasteiger partial charge on any atom is -0.396 e. The molecule has 0 spiro atoms. The predicted molar refractivity (Wildman–Crippen MR) is 47.3 cm³/mol. The lowest BCUT2D eigenvalue weighted by atomic mass is 10.0. The minimum absolute atomic E-state index is 0.208. The number of hydrogen-bond donors (Lipinski definition) is 1. The molecule has 1 atom stereocenters. The second-order valence-corrected chi connectivity index (χ2v) is 2.96. The van der Waals surface area contributed by atoms with Crippen LogP contribution in [0.4, 0.5) is 4.39 Å². The van der Waals surface area contributed by atoms with Gasteiger partial charge in [0.05, 0.1) is 13.3 Å². The monoisotopic (exact) mass is 188 g/mol. The van der Waals surface area contributed by atoms with Gasteiger partial charge in [-0.25, -0.2) is 0 Å². The number of hydrogen-bond acceptors (Lipinski definition) is 1. The maximum absolute atomic E-state index is 12.3. The zero-order valence-corrected chi connectivity index (χ0v) is 7.26. The molecule has 1 N–H and O–H groups in total. The predicted octanol–water partition coefficient (Wildman–Crippen LogP) is 2.39. The summed E-state index contributed by atoms with van der Waals surface area (Å²) in [5.41, 5.74) is 0.671. The summed E-state index contributed by atoms with van der Waals surface area (Å²) in [4.78, 5) is 0. The van der Waals surface area contributed by atoms with Gasteiger partial charge in [0, 0.05) is 10.9 Å². The number of benzene rings is 1. The van der Waals surface area contributed by atoms with E-state index in [0.717, 1.165) is 0 Å². The normalized spacial score (nSPS) is 12.9. The van der Waals surface area contributed by atoms with Crippen LogP contribution < -0.4 is 0 Å². The summed E-state index contributed by atoms with van der Waals surface area (Å²) < 4.78 is 12.3. The number of aliphatic hydroxyl groups is 1. The Morgan fingerprint density at radius 1 is 1.42 bits per heavy atom. The third-order valence-electron chi connectivity index (χ3n) is 1.75. The molecule has 1 aromatic rings. The van der Waals surface area contributed by atoms with Crippen LogP contribution in [0.2, 0.25) is 5.02 Å². The van der Waals surface area contributed by atoms with Gasteiger partial charge in [0.1, 0.15) is 0 Å². The Morgan fingerprint density at radius 2 is 2.08 bits per heavy atom. The van der Waals surface area contributed by atoms with Gasteiger partial charge in [0.25, 0.3) is 0 Å². The highest BCUT2D eigenvalue weighted by molar-refractivity contribution is 6.31. The van der Waals surface area contributed by atoms with E-state index in [1.807, 2.05) is 0 Å². The molecule has 0 heterocycles. The van der Waals surface area contributed by atoms with Crippen molar-refractivity contribution in [1.29, 1.82) is 0 Å². The highest BCUT2D eigenvalue weighted by Gasteiger charge is 2.12. The highest BCUT2D eigenvalue weighted by atomic mass is 35.5. The van der Waals surface area contributed by atoms with Crippen LogP contribution in [0, 0.1) is 0 Å². The van der Waals surface area contributed by atoms with Crippen molar-refractivity contribution in [2.24, 2.45) is 0 Å². The van der Waals surface area contributed by atoms with E-state index >= 15 is 0 Å². The van der Waals surface area contributed by atoms with Crippen molar-refractivity contribution in [2.45, 2.75) is 5.92 Å². The van der Waals surface area contributed by atoms with Crippen molar-refractivity contribution in [1.82, 2.24) is 0 Å². The van der Waals surface area contributed by atoms with Crippen molar-refractivity contribution in [3.05, 3.63) is 34.9 Å². The molecule has 0 bridgehead atoms. The molecule has 1 aromatic carbocycles. The van der Waals surface area contributed by atoms with Gasteiger partial charge in [-0.1, -0.05) is 29.8 Å². The summed E-state index contributed by atoms with van der Waals surface area (Å²) in [5, 5.41) is 9.31. The van der Waals surface area contributed by atoms with Crippen LogP contribution in [0.1, 0.15) is 11.5 Å². The van der Waals surface area contributed by atoms with Gasteiger partial charge in [-0.2, -0.15) is 0 Å². The fraction of sp³-hybridized carbons (Fsp3) is 0.333. The number of halogens is 2. The van der Waals surface area contributed by atoms with E-state index in [4.69, 9.17) is 16.7 Å². The second kappa shape index (κ2) is 4.43. The average molecular weight is 189 g/mol. The molecule has 1 nitrogen and oxygen atoms in total. The fourth-order valence-electron chi connectivity index (χ4n) is 1.04. The molecule has 12 heavy (non-hydrogen) atoms. The molecule has 0 saturated heterocycles. The highest BCUT2D eigenvalue weighted by Crippen LogP contribution is 2.24. The molecule has 0 aliphatic heterocycles. The molecule has 0 amide bonds. The molecule has 0 fully saturated rings. The van der Waals surface area contributed by atoms with Gasteiger partial charge >= 0.3 is 0 Å². The molecule has 0 aromatic heterocycles. The Bertz CT molecular complexity index is 248. The SMILES string of the molecule is OCC(CF)c1ccccc1Cl. The van der Waals surface area contributed by atoms with E-state index < -0.39 is 12.6 Å². The van der Waals surface area contributed by atoms with Gasteiger partial charge in [-0.3, -0.25) is 4.39 Å². The molecule has 0 saturated carbocycles. The fourth-order valence-corrected chi connectivity index (χ4v) is 1.33. The second-order valence-electron chi connectivity index (χ2n) is 2.56. The van der Waals surface area contributed by atoms with E-state index in [2.05, 4.69) is 0 Å². The first kappa shape index (κ1) is 9.49. The van der Waals surface area contributed by atoms with E-state index in [1.54, 1.807) is 24.3 Å². The zero-order valence-electron chi connectivity index (χ0n) is 6.50. The van der Waals surface area contributed by atoms with Gasteiger partial charge in [0.2, 0.25) is 0 Å². The van der Waals surface area contributed by atoms with E-state index in [9.17, 15) is 4.39 Å². The van der Waals surface area contributed by atoms with Gasteiger partial charge in [-0.05, 0) is 11.6 Å². The summed E-state index contributed by atoms with van der Waals surface area (Å²) in [7, 11) is 0. The van der Waals surface area contributed by atoms with E-state index in [1.165, 1.54) is 0 Å². The van der Waals surface area contributed by atoms with Gasteiger partial charge < -0.3 is 5.11 Å². The molecule has 0 radical (unpaired) electrons. The standard InChI is InChI=1S/C9H10ClFO/c10-9-4-2-1-3-8(9)7(5-11)6-12/h1-4,7,12H,5-6H2. The molecular formula is C9H10ClFO. The molecular weight excluding hydrogens is 179 g/mol. The average Bonchev–Trinajstić information content (AvgIpc) is 2.10. The topological polar surface area (TPSA) is 20.2 Å². The van der Waals surface area contributed by atoms with Crippen molar-refractivity contribution in [3.8, 4) is 0 Å². The Balaban J connectivity index is 2.92. The van der Waals surface area contributed by atoms with Crippen LogP contribution in [-0.4, -0.2) is 18.4 Å². The van der Waals surface area contributed by atoms with Gasteiger partial charge in [0.15, 0.2) is 0 Å². The number of alkyl halides is 1. The Morgan fingerprint density at radius 3 is 2.58 bits per heavy atom. The summed E-state index contributed by atoms with van der Waals surface area (Å²) >= 11 is 5.80. The lowest BCUT2D eigenvalue weighted by Gasteiger charge is -2.11. The quantitative estimate of drug-likeness (QED) is 0.772. The summed E-state index contributed by atoms with van der Waals surface area (Å²) in [6.45, 7) is -0.791. The summed E-state index contributed by atoms with van der Waals surface area (Å²) in [6, 6.07) is 6.97. The molecule has 66 valence electrons. The third-order valence-corrected chi connectivity index (χ3v) is 2.10. The number of aliphatic hydroxyl groups excluding tert-OH is 1. The van der Waals surface area contributed by atoms with Gasteiger partial charge in [-0.15, -0.1) is 0 Å². The van der Waals surface area contributed by atoms with Crippen molar-refractivity contribution in [2.75, 3.05) is 13.3 Å². The lowest BCUT2D eigenvalue weighted by molar-refractivity contribution is 0.241. The summed E-state index contributed by atoms with van der Waals surface area (Å²) in [5.74, 6) is -0.487. The van der Waals surface area contributed by atoms with Crippen LogP contribution in [0.15, 0.2) is 24.3 Å². The third kappa shape index (κ3) is 1.96. The molecule has 1 rings (SSSR count). The smallest absolute Gasteiger partial charge is 0.0985 e. The molecule has 0 aliphatic rings. The maximum atomic E-state index is 12.3. The number of rotatable bonds is 3. The van der Waals surface area contributed by atoms with Crippen LogP contribution in [0.25, 0.3) is 0 Å². The molecule has 0 aliphatic carbocycles. The zero-order chi connectivity index (χ0) is 8.97. The van der Waals surface area contributed by atoms with Crippen LogP contribution in [0.5, 0.6) is 0 Å². The largest absolute Gasteiger partial charge is 0.396 e. The molecule has 1 unspecified atom stereocenters. The Hall–Kier alpha value is -0.600. The van der Waals surface area contributed by atoms with E-state index in [0.29, 0.717) is 10.6 Å². The van der Waals surface area contributed by atoms with Crippen LogP contribution in [-0.2, 0) is 0 Å². The van der Waals surface area contributed by atoms with Crippen molar-refractivity contribution < 1.29 is 9.50 Å². The summed E-state index contributed by atoms with van der Waals surface area (Å²) in [6.07, 6.45) is 0. The first-order valence-electron chi connectivity index (χ1n) is 3.70. The minimum atomic E-state index is -0.583. The Labute approximate surface area is 75.8 Å². The van der Waals surface area contributed by atoms with Crippen molar-refractivity contribution in [3.63, 3.8) is 0 Å². The lowest BCUT2D eigenvalue weighted by Crippen LogP contribution is -2.06. The van der Waals surface area contributed by atoms with Crippen LogP contribution in [0.3, 0.4) is 0 Å². The van der Waals surface area contributed by atoms with Crippen molar-refractivity contribution >= 4 is 11.6 Å². The first-order chi connectivity index (χ1) is 5.79. The van der Waals surface area contributed by atoms with E-state index in [-0.39, 0.29) is 6.61 Å². The van der Waals surface area contributed by atoms with Crippen LogP contribution >= 0.6 is 11.6 Å². The first-order valence-corrected chi connectivity index (χ1v) is 4.08. The maximum Gasteiger partial charge on any atom is 0.0985 e. The Kier molecular flexibility index (Phi) is 3.50.